The van der Waals surface area contributed by atoms with Gasteiger partial charge in [0.1, 0.15) is 0 Å². The lowest BCUT2D eigenvalue weighted by atomic mass is 10.2. The molecule has 136 valence electrons. The third kappa shape index (κ3) is 7.31. The smallest absolute Gasteiger partial charge is 0.210 e. The molecule has 0 saturated heterocycles. The van der Waals surface area contributed by atoms with Crippen molar-refractivity contribution in [2.45, 2.75) is 25.7 Å². The molecule has 1 unspecified atom stereocenters. The number of nitrogens with one attached hydrogen (secondary N) is 1. The number of halogens is 1. The van der Waals surface area contributed by atoms with E-state index in [0.717, 1.165) is 11.1 Å². The fourth-order valence-electron chi connectivity index (χ4n) is 2.63. The van der Waals surface area contributed by atoms with Crippen molar-refractivity contribution in [2.24, 2.45) is 0 Å². The third-order valence-corrected chi connectivity index (χ3v) is 6.55. The normalized spacial score (nSPS) is 14.8. The molecule has 4 nitrogen and oxygen atoms in total. The molecule has 6 heteroatoms. The summed E-state index contributed by atoms with van der Waals surface area (Å²) >= 11 is 5.86. The van der Waals surface area contributed by atoms with Crippen LogP contribution in [0, 0.1) is 0 Å². The summed E-state index contributed by atoms with van der Waals surface area (Å²) in [7, 11) is -2.92. The summed E-state index contributed by atoms with van der Waals surface area (Å²) in [4.78, 5) is 0. The van der Waals surface area contributed by atoms with E-state index in [9.17, 15) is 9.67 Å². The minimum absolute atomic E-state index is 0.142. The zero-order chi connectivity index (χ0) is 18.1. The van der Waals surface area contributed by atoms with E-state index >= 15 is 0 Å². The van der Waals surface area contributed by atoms with Gasteiger partial charge < -0.3 is 14.9 Å². The fourth-order valence-corrected chi connectivity index (χ4v) is 5.09. The van der Waals surface area contributed by atoms with Crippen LogP contribution < -0.4 is 5.32 Å². The van der Waals surface area contributed by atoms with Crippen molar-refractivity contribution < 1.29 is 14.2 Å². The second-order valence-electron chi connectivity index (χ2n) is 5.97. The van der Waals surface area contributed by atoms with Crippen molar-refractivity contribution >= 4 is 19.0 Å². The van der Waals surface area contributed by atoms with Crippen molar-refractivity contribution in [3.63, 3.8) is 0 Å². The summed E-state index contributed by atoms with van der Waals surface area (Å²) in [5.74, 6) is 0. The van der Waals surface area contributed by atoms with E-state index in [2.05, 4.69) is 5.32 Å². The molecule has 0 saturated carbocycles. The van der Waals surface area contributed by atoms with Gasteiger partial charge in [0.25, 0.3) is 0 Å². The summed E-state index contributed by atoms with van der Waals surface area (Å²) in [6.07, 6.45) is -0.243. The zero-order valence-corrected chi connectivity index (χ0v) is 16.0. The Bertz CT molecular complexity index is 679. The van der Waals surface area contributed by atoms with Crippen molar-refractivity contribution in [1.82, 2.24) is 5.32 Å². The van der Waals surface area contributed by atoms with E-state index in [1.165, 1.54) is 0 Å². The molecule has 2 atom stereocenters. The maximum atomic E-state index is 13.0. The van der Waals surface area contributed by atoms with E-state index in [1.807, 2.05) is 61.5 Å². The number of aliphatic hydroxyl groups excluding tert-OH is 1. The van der Waals surface area contributed by atoms with Crippen LogP contribution in [0.15, 0.2) is 54.6 Å². The lowest BCUT2D eigenvalue weighted by Gasteiger charge is -2.21. The van der Waals surface area contributed by atoms with Crippen LogP contribution in [-0.2, 0) is 21.8 Å². The maximum absolute atomic E-state index is 13.0. The molecule has 0 heterocycles. The van der Waals surface area contributed by atoms with Gasteiger partial charge in [-0.05, 0) is 30.2 Å². The molecule has 0 aromatic heterocycles. The Labute approximate surface area is 154 Å². The first-order valence-corrected chi connectivity index (χ1v) is 10.8. The van der Waals surface area contributed by atoms with E-state index in [1.54, 1.807) is 0 Å². The molecule has 2 aromatic carbocycles. The molecule has 0 amide bonds. The minimum Gasteiger partial charge on any atom is -0.391 e. The lowest BCUT2D eigenvalue weighted by molar-refractivity contribution is 0.187. The number of hydrogen-bond donors (Lipinski definition) is 2. The van der Waals surface area contributed by atoms with Gasteiger partial charge in [-0.15, -0.1) is 0 Å². The highest BCUT2D eigenvalue weighted by Crippen LogP contribution is 2.50. The lowest BCUT2D eigenvalue weighted by Crippen LogP contribution is -2.29. The monoisotopic (exact) mass is 381 g/mol. The van der Waals surface area contributed by atoms with Crippen molar-refractivity contribution in [3.05, 3.63) is 70.7 Å². The van der Waals surface area contributed by atoms with Gasteiger partial charge >= 0.3 is 0 Å². The van der Waals surface area contributed by atoms with Gasteiger partial charge in [-0.1, -0.05) is 54.1 Å². The molecule has 25 heavy (non-hydrogen) atoms. The summed E-state index contributed by atoms with van der Waals surface area (Å²) in [5.41, 5.74) is 2.04. The first kappa shape index (κ1) is 20.2. The Balaban J connectivity index is 1.85. The summed E-state index contributed by atoms with van der Waals surface area (Å²) < 4.78 is 18.6. The summed E-state index contributed by atoms with van der Waals surface area (Å²) in [5, 5.41) is 14.2. The van der Waals surface area contributed by atoms with E-state index < -0.39 is 13.5 Å². The standard InChI is InChI=1S/C19H25ClNO3P/c1-2-24-25(23,14-17-6-4-3-5-7-17)15-19(22)13-21-12-16-8-10-18(20)11-9-16/h3-11,19,21-22H,2,12-15H2,1H3/t19-,25?/m1/s1. The topological polar surface area (TPSA) is 58.6 Å². The minimum atomic E-state index is -2.92. The molecular formula is C19H25ClNO3P. The van der Waals surface area contributed by atoms with Gasteiger partial charge in [0.15, 0.2) is 0 Å². The molecule has 0 spiro atoms. The van der Waals surface area contributed by atoms with Gasteiger partial charge in [-0.25, -0.2) is 0 Å². The van der Waals surface area contributed by atoms with Crippen molar-refractivity contribution in [2.75, 3.05) is 19.3 Å². The second-order valence-corrected chi connectivity index (χ2v) is 8.97. The maximum Gasteiger partial charge on any atom is 0.210 e. The Morgan fingerprint density at radius 1 is 1.12 bits per heavy atom. The van der Waals surface area contributed by atoms with Gasteiger partial charge in [-0.3, -0.25) is 4.57 Å². The van der Waals surface area contributed by atoms with E-state index in [-0.39, 0.29) is 6.16 Å². The Morgan fingerprint density at radius 3 is 2.44 bits per heavy atom. The first-order valence-electron chi connectivity index (χ1n) is 8.40. The van der Waals surface area contributed by atoms with Crippen LogP contribution in [0.1, 0.15) is 18.1 Å². The van der Waals surface area contributed by atoms with Crippen molar-refractivity contribution in [3.8, 4) is 0 Å². The molecule has 0 bridgehead atoms. The van der Waals surface area contributed by atoms with Crippen molar-refractivity contribution in [1.29, 1.82) is 0 Å². The van der Waals surface area contributed by atoms with Gasteiger partial charge in [0.05, 0.1) is 18.9 Å². The molecule has 0 fully saturated rings. The predicted molar refractivity (Wildman–Crippen MR) is 103 cm³/mol. The second kappa shape index (κ2) is 10.1. The van der Waals surface area contributed by atoms with Crippen LogP contribution in [0.25, 0.3) is 0 Å². The van der Waals surface area contributed by atoms with Gasteiger partial charge in [0, 0.05) is 24.3 Å². The van der Waals surface area contributed by atoms with E-state index in [0.29, 0.717) is 30.9 Å². The highest BCUT2D eigenvalue weighted by atomic mass is 35.5. The molecule has 2 aromatic rings. The van der Waals surface area contributed by atoms with Crippen LogP contribution in [0.5, 0.6) is 0 Å². The number of rotatable bonds is 10. The molecule has 0 aliphatic rings. The SMILES string of the molecule is CCOP(=O)(Cc1ccccc1)C[C@H](O)CNCc1ccc(Cl)cc1. The number of hydrogen-bond acceptors (Lipinski definition) is 4. The fraction of sp³-hybridized carbons (Fsp3) is 0.368. The van der Waals surface area contributed by atoms with Crippen LogP contribution in [0.4, 0.5) is 0 Å². The van der Waals surface area contributed by atoms with Crippen LogP contribution >= 0.6 is 19.0 Å². The first-order chi connectivity index (χ1) is 12.0. The van der Waals surface area contributed by atoms with E-state index in [4.69, 9.17) is 16.1 Å². The average Bonchev–Trinajstić information content (AvgIpc) is 2.57. The largest absolute Gasteiger partial charge is 0.391 e. The molecule has 2 rings (SSSR count). The van der Waals surface area contributed by atoms with Crippen LogP contribution in [0.3, 0.4) is 0 Å². The highest BCUT2D eigenvalue weighted by molar-refractivity contribution is 7.58. The molecule has 0 aliphatic heterocycles. The number of aliphatic hydroxyl groups is 1. The van der Waals surface area contributed by atoms with Gasteiger partial charge in [0.2, 0.25) is 7.37 Å². The predicted octanol–water partition coefficient (Wildman–Crippen LogP) is 4.31. The Morgan fingerprint density at radius 2 is 1.80 bits per heavy atom. The van der Waals surface area contributed by atoms with Crippen LogP contribution in [-0.4, -0.2) is 30.5 Å². The molecule has 0 aliphatic carbocycles. The Hall–Kier alpha value is -1.16. The highest BCUT2D eigenvalue weighted by Gasteiger charge is 2.26. The third-order valence-electron chi connectivity index (χ3n) is 3.74. The van der Waals surface area contributed by atoms with Gasteiger partial charge in [-0.2, -0.15) is 0 Å². The summed E-state index contributed by atoms with van der Waals surface area (Å²) in [6, 6.07) is 17.1. The summed E-state index contributed by atoms with van der Waals surface area (Å²) in [6.45, 7) is 3.16. The molecule has 2 N–H and O–H groups in total. The molecular weight excluding hydrogens is 357 g/mol. The average molecular weight is 382 g/mol. The number of benzene rings is 2. The Kier molecular flexibility index (Phi) is 8.14. The quantitative estimate of drug-likeness (QED) is 0.602. The molecule has 0 radical (unpaired) electrons. The van der Waals surface area contributed by atoms with Crippen LogP contribution in [0.2, 0.25) is 5.02 Å². The zero-order valence-electron chi connectivity index (χ0n) is 14.4.